The van der Waals surface area contributed by atoms with Crippen LogP contribution in [0.3, 0.4) is 0 Å². The van der Waals surface area contributed by atoms with Crippen LogP contribution in [0.25, 0.3) is 11.8 Å². The molecule has 0 unspecified atom stereocenters. The number of aryl methyl sites for hydroxylation is 1. The van der Waals surface area contributed by atoms with E-state index < -0.39 is 11.9 Å². The fourth-order valence-corrected chi connectivity index (χ4v) is 3.52. The lowest BCUT2D eigenvalue weighted by molar-refractivity contribution is -0.112. The third-order valence-corrected chi connectivity index (χ3v) is 5.25. The smallest absolute Gasteiger partial charge is 0.337 e. The molecule has 3 aromatic rings. The van der Waals surface area contributed by atoms with E-state index in [9.17, 15) is 20.0 Å². The number of aromatic nitrogens is 1. The van der Waals surface area contributed by atoms with Gasteiger partial charge in [0, 0.05) is 22.8 Å². The highest BCUT2D eigenvalue weighted by Gasteiger charge is 2.16. The first-order valence-electron chi connectivity index (χ1n) is 9.54. The molecule has 0 spiro atoms. The molecular weight excluding hydrogens is 430 g/mol. The minimum Gasteiger partial charge on any atom is -0.497 e. The van der Waals surface area contributed by atoms with Crippen LogP contribution < -0.4 is 10.1 Å². The number of halogens is 1. The topological polar surface area (TPSA) is 104 Å². The number of benzene rings is 2. The molecule has 0 radical (unpaired) electrons. The number of rotatable bonds is 6. The lowest BCUT2D eigenvalue weighted by atomic mass is 10.1. The molecule has 1 heterocycles. The third kappa shape index (κ3) is 4.66. The zero-order valence-electron chi connectivity index (χ0n) is 17.6. The Morgan fingerprint density at radius 2 is 1.84 bits per heavy atom. The van der Waals surface area contributed by atoms with Gasteiger partial charge in [-0.1, -0.05) is 11.6 Å². The highest BCUT2D eigenvalue weighted by atomic mass is 35.5. The van der Waals surface area contributed by atoms with E-state index >= 15 is 0 Å². The number of carbonyl (C=O) groups excluding carboxylic acids is 1. The van der Waals surface area contributed by atoms with E-state index in [0.717, 1.165) is 11.4 Å². The van der Waals surface area contributed by atoms with Gasteiger partial charge in [0.1, 0.15) is 17.4 Å². The molecule has 0 saturated carbocycles. The lowest BCUT2D eigenvalue weighted by Gasteiger charge is -2.11. The second-order valence-corrected chi connectivity index (χ2v) is 7.39. The molecule has 2 aromatic carbocycles. The molecule has 1 amide bonds. The lowest BCUT2D eigenvalue weighted by Crippen LogP contribution is -2.13. The van der Waals surface area contributed by atoms with Crippen molar-refractivity contribution in [3.63, 3.8) is 0 Å². The summed E-state index contributed by atoms with van der Waals surface area (Å²) in [7, 11) is 1.55. The van der Waals surface area contributed by atoms with Crippen LogP contribution >= 0.6 is 11.6 Å². The molecule has 0 saturated heterocycles. The maximum Gasteiger partial charge on any atom is 0.337 e. The SMILES string of the molecule is COc1ccc(NC(=O)/C(C#N)=C\c2cc(C)n(-c3ccc(Cl)c(C(=O)O)c3)c2C)cc1. The number of hydrogen-bond donors (Lipinski definition) is 2. The maximum absolute atomic E-state index is 12.6. The number of aromatic carboxylic acids is 1. The highest BCUT2D eigenvalue weighted by molar-refractivity contribution is 6.33. The van der Waals surface area contributed by atoms with Gasteiger partial charge in [-0.05, 0) is 74.0 Å². The van der Waals surface area contributed by atoms with E-state index in [2.05, 4.69) is 5.32 Å². The number of methoxy groups -OCH3 is 1. The molecule has 7 nitrogen and oxygen atoms in total. The summed E-state index contributed by atoms with van der Waals surface area (Å²) in [4.78, 5) is 24.0. The molecule has 0 atom stereocenters. The Kier molecular flexibility index (Phi) is 6.67. The summed E-state index contributed by atoms with van der Waals surface area (Å²) < 4.78 is 6.93. The monoisotopic (exact) mass is 449 g/mol. The number of nitriles is 1. The molecule has 0 aliphatic rings. The van der Waals surface area contributed by atoms with Gasteiger partial charge < -0.3 is 19.7 Å². The van der Waals surface area contributed by atoms with Gasteiger partial charge in [-0.25, -0.2) is 4.79 Å². The van der Waals surface area contributed by atoms with Crippen LogP contribution in [-0.2, 0) is 4.79 Å². The molecule has 0 aliphatic heterocycles. The van der Waals surface area contributed by atoms with Gasteiger partial charge in [-0.15, -0.1) is 0 Å². The molecule has 1 aromatic heterocycles. The fourth-order valence-electron chi connectivity index (χ4n) is 3.32. The number of carboxylic acid groups (broad SMARTS) is 1. The van der Waals surface area contributed by atoms with Crippen molar-refractivity contribution in [2.75, 3.05) is 12.4 Å². The van der Waals surface area contributed by atoms with Crippen LogP contribution in [0.2, 0.25) is 5.02 Å². The Balaban J connectivity index is 1.94. The van der Waals surface area contributed by atoms with E-state index in [1.165, 1.54) is 18.2 Å². The van der Waals surface area contributed by atoms with E-state index in [-0.39, 0.29) is 16.2 Å². The zero-order valence-corrected chi connectivity index (χ0v) is 18.4. The molecular formula is C24H20ClN3O4. The molecule has 3 rings (SSSR count). The Morgan fingerprint density at radius 1 is 1.16 bits per heavy atom. The Labute approximate surface area is 190 Å². The number of carbonyl (C=O) groups is 2. The number of nitrogens with zero attached hydrogens (tertiary/aromatic N) is 2. The van der Waals surface area contributed by atoms with E-state index in [1.807, 2.05) is 30.6 Å². The second kappa shape index (κ2) is 9.41. The molecule has 0 aliphatic carbocycles. The molecule has 0 fully saturated rings. The zero-order chi connectivity index (χ0) is 23.4. The Hall–Kier alpha value is -4.02. The molecule has 32 heavy (non-hydrogen) atoms. The summed E-state index contributed by atoms with van der Waals surface area (Å²) in [5, 5.41) is 21.7. The third-order valence-electron chi connectivity index (χ3n) is 4.92. The predicted octanol–water partition coefficient (Wildman–Crippen LogP) is 5.00. The van der Waals surface area contributed by atoms with Gasteiger partial charge in [0.05, 0.1) is 17.7 Å². The van der Waals surface area contributed by atoms with Crippen LogP contribution in [-0.4, -0.2) is 28.7 Å². The van der Waals surface area contributed by atoms with E-state index in [0.29, 0.717) is 22.7 Å². The van der Waals surface area contributed by atoms with Crippen molar-refractivity contribution >= 4 is 35.2 Å². The molecule has 8 heteroatoms. The maximum atomic E-state index is 12.6. The number of ether oxygens (including phenoxy) is 1. The largest absolute Gasteiger partial charge is 0.497 e. The van der Waals surface area contributed by atoms with Crippen molar-refractivity contribution < 1.29 is 19.4 Å². The van der Waals surface area contributed by atoms with E-state index in [1.54, 1.807) is 37.4 Å². The first-order chi connectivity index (χ1) is 15.2. The summed E-state index contributed by atoms with van der Waals surface area (Å²) >= 11 is 5.98. The predicted molar refractivity (Wildman–Crippen MR) is 122 cm³/mol. The van der Waals surface area contributed by atoms with Gasteiger partial charge >= 0.3 is 5.97 Å². The van der Waals surface area contributed by atoms with Crippen LogP contribution in [0.5, 0.6) is 5.75 Å². The first kappa shape index (κ1) is 22.7. The minimum atomic E-state index is -1.12. The Morgan fingerprint density at radius 3 is 2.44 bits per heavy atom. The Bertz CT molecular complexity index is 1270. The van der Waals surface area contributed by atoms with Crippen LogP contribution in [0.1, 0.15) is 27.3 Å². The minimum absolute atomic E-state index is 0.00894. The number of anilines is 1. The van der Waals surface area contributed by atoms with Crippen molar-refractivity contribution in [1.29, 1.82) is 5.26 Å². The first-order valence-corrected chi connectivity index (χ1v) is 9.92. The van der Waals surface area contributed by atoms with Crippen molar-refractivity contribution in [3.8, 4) is 17.5 Å². The van der Waals surface area contributed by atoms with Gasteiger partial charge in [-0.2, -0.15) is 5.26 Å². The second-order valence-electron chi connectivity index (χ2n) is 6.98. The molecule has 162 valence electrons. The van der Waals surface area contributed by atoms with Gasteiger partial charge in [0.15, 0.2) is 0 Å². The quantitative estimate of drug-likeness (QED) is 0.407. The average molecular weight is 450 g/mol. The highest BCUT2D eigenvalue weighted by Crippen LogP contribution is 2.26. The average Bonchev–Trinajstić information content (AvgIpc) is 3.05. The normalized spacial score (nSPS) is 11.0. The number of nitrogens with one attached hydrogen (secondary N) is 1. The van der Waals surface area contributed by atoms with Crippen LogP contribution in [0.15, 0.2) is 54.1 Å². The van der Waals surface area contributed by atoms with Gasteiger partial charge in [0.25, 0.3) is 5.91 Å². The summed E-state index contributed by atoms with van der Waals surface area (Å²) in [6.07, 6.45) is 1.51. The van der Waals surface area contributed by atoms with Crippen molar-refractivity contribution in [3.05, 3.63) is 81.6 Å². The van der Waals surface area contributed by atoms with Crippen molar-refractivity contribution in [2.24, 2.45) is 0 Å². The molecule has 0 bridgehead atoms. The number of carboxylic acids is 1. The summed E-state index contributed by atoms with van der Waals surface area (Å²) in [6, 6.07) is 15.3. The van der Waals surface area contributed by atoms with Gasteiger partial charge in [0.2, 0.25) is 0 Å². The van der Waals surface area contributed by atoms with E-state index in [4.69, 9.17) is 16.3 Å². The summed E-state index contributed by atoms with van der Waals surface area (Å²) in [5.74, 6) is -1.01. The fraction of sp³-hybridized carbons (Fsp3) is 0.125. The number of hydrogen-bond acceptors (Lipinski definition) is 4. The van der Waals surface area contributed by atoms with Crippen LogP contribution in [0, 0.1) is 25.2 Å². The summed E-state index contributed by atoms with van der Waals surface area (Å²) in [6.45, 7) is 3.67. The van der Waals surface area contributed by atoms with Crippen molar-refractivity contribution in [2.45, 2.75) is 13.8 Å². The standard InChI is InChI=1S/C24H20ClN3O4/c1-14-10-16(15(2)28(14)19-6-9-22(25)21(12-19)24(30)31)11-17(13-26)23(29)27-18-4-7-20(32-3)8-5-18/h4-12H,1-3H3,(H,27,29)(H,30,31)/b17-11-. The summed E-state index contributed by atoms with van der Waals surface area (Å²) in [5.41, 5.74) is 3.28. The number of amides is 1. The van der Waals surface area contributed by atoms with Crippen LogP contribution in [0.4, 0.5) is 5.69 Å². The molecule has 2 N–H and O–H groups in total. The van der Waals surface area contributed by atoms with Gasteiger partial charge in [-0.3, -0.25) is 4.79 Å². The van der Waals surface area contributed by atoms with Crippen molar-refractivity contribution in [1.82, 2.24) is 4.57 Å².